The van der Waals surface area contributed by atoms with E-state index in [-0.39, 0.29) is 12.1 Å². The number of carbonyl (C=O) groups excluding carboxylic acids is 1. The molecule has 1 aliphatic carbocycles. The Hall–Kier alpha value is -0.910. The van der Waals surface area contributed by atoms with Crippen LogP contribution in [0.15, 0.2) is 0 Å². The van der Waals surface area contributed by atoms with E-state index in [0.717, 1.165) is 18.6 Å². The number of nitrogens with zero attached hydrogens (tertiary/aromatic N) is 1. The zero-order valence-corrected chi connectivity index (χ0v) is 12.8. The lowest BCUT2D eigenvalue weighted by molar-refractivity contribution is -0.141. The fraction of sp³-hybridized carbons (Fsp3) is 0.857. The molecule has 2 fully saturated rings. The van der Waals surface area contributed by atoms with Crippen LogP contribution in [-0.2, 0) is 4.79 Å². The van der Waals surface area contributed by atoms with Gasteiger partial charge in [0.15, 0.2) is 0 Å². The monoisotopic (exact) mass is 300 g/mol. The first-order valence-electron chi connectivity index (χ1n) is 7.50. The van der Waals surface area contributed by atoms with Crippen molar-refractivity contribution in [2.75, 3.05) is 18.8 Å². The van der Waals surface area contributed by atoms with Crippen molar-refractivity contribution in [2.45, 2.75) is 50.3 Å². The molecular weight excluding hydrogens is 276 g/mol. The number of carboxylic acid groups (broad SMARTS) is 1. The normalized spacial score (nSPS) is 30.2. The predicted molar refractivity (Wildman–Crippen MR) is 80.0 cm³/mol. The van der Waals surface area contributed by atoms with Crippen LogP contribution in [0.5, 0.6) is 0 Å². The van der Waals surface area contributed by atoms with Crippen molar-refractivity contribution in [1.29, 1.82) is 0 Å². The molecule has 6 heteroatoms. The summed E-state index contributed by atoms with van der Waals surface area (Å²) in [5.41, 5.74) is 0. The summed E-state index contributed by atoms with van der Waals surface area (Å²) >= 11 is 1.98. The van der Waals surface area contributed by atoms with Gasteiger partial charge in [-0.2, -0.15) is 11.8 Å². The molecular formula is C14H24N2O3S. The SMILES string of the molecule is CCSC1CCCC(NC(=O)N2CCC(C(=O)O)C2)C1. The van der Waals surface area contributed by atoms with Gasteiger partial charge in [0.25, 0.3) is 0 Å². The zero-order chi connectivity index (χ0) is 14.5. The van der Waals surface area contributed by atoms with Gasteiger partial charge in [0.1, 0.15) is 0 Å². The van der Waals surface area contributed by atoms with Crippen LogP contribution >= 0.6 is 11.8 Å². The lowest BCUT2D eigenvalue weighted by atomic mass is 9.95. The van der Waals surface area contributed by atoms with Crippen LogP contribution in [-0.4, -0.2) is 52.1 Å². The maximum Gasteiger partial charge on any atom is 0.317 e. The fourth-order valence-corrected chi connectivity index (χ4v) is 4.25. The Morgan fingerprint density at radius 3 is 2.80 bits per heavy atom. The molecule has 114 valence electrons. The summed E-state index contributed by atoms with van der Waals surface area (Å²) < 4.78 is 0. The van der Waals surface area contributed by atoms with Crippen LogP contribution < -0.4 is 5.32 Å². The maximum atomic E-state index is 12.2. The van der Waals surface area contributed by atoms with Crippen LogP contribution in [0.3, 0.4) is 0 Å². The van der Waals surface area contributed by atoms with Crippen LogP contribution in [0.4, 0.5) is 4.79 Å². The highest BCUT2D eigenvalue weighted by molar-refractivity contribution is 7.99. The highest BCUT2D eigenvalue weighted by Gasteiger charge is 2.32. The summed E-state index contributed by atoms with van der Waals surface area (Å²) in [6.07, 6.45) is 5.07. The molecule has 0 aromatic carbocycles. The quantitative estimate of drug-likeness (QED) is 0.835. The number of urea groups is 1. The topological polar surface area (TPSA) is 69.6 Å². The van der Waals surface area contributed by atoms with E-state index in [9.17, 15) is 9.59 Å². The number of nitrogens with one attached hydrogen (secondary N) is 1. The van der Waals surface area contributed by atoms with Crippen molar-refractivity contribution in [3.63, 3.8) is 0 Å². The van der Waals surface area contributed by atoms with Gasteiger partial charge in [-0.1, -0.05) is 13.3 Å². The van der Waals surface area contributed by atoms with E-state index in [4.69, 9.17) is 5.11 Å². The third kappa shape index (κ3) is 4.04. The summed E-state index contributed by atoms with van der Waals surface area (Å²) in [6, 6.07) is 0.171. The molecule has 1 saturated carbocycles. The van der Waals surface area contributed by atoms with E-state index in [1.54, 1.807) is 4.90 Å². The average molecular weight is 300 g/mol. The van der Waals surface area contributed by atoms with E-state index >= 15 is 0 Å². The van der Waals surface area contributed by atoms with E-state index in [0.29, 0.717) is 24.8 Å². The molecule has 1 saturated heterocycles. The number of carbonyl (C=O) groups is 2. The Labute approximate surface area is 124 Å². The molecule has 0 spiro atoms. The minimum atomic E-state index is -0.794. The van der Waals surface area contributed by atoms with Gasteiger partial charge < -0.3 is 15.3 Å². The van der Waals surface area contributed by atoms with Gasteiger partial charge in [-0.15, -0.1) is 0 Å². The van der Waals surface area contributed by atoms with Gasteiger partial charge in [-0.05, 0) is 31.4 Å². The predicted octanol–water partition coefficient (Wildman–Crippen LogP) is 2.17. The zero-order valence-electron chi connectivity index (χ0n) is 12.0. The van der Waals surface area contributed by atoms with Gasteiger partial charge in [-0.25, -0.2) is 4.79 Å². The average Bonchev–Trinajstić information content (AvgIpc) is 2.89. The third-order valence-corrected chi connectivity index (χ3v) is 5.41. The molecule has 0 aromatic rings. The minimum absolute atomic E-state index is 0.0825. The van der Waals surface area contributed by atoms with Crippen molar-refractivity contribution < 1.29 is 14.7 Å². The minimum Gasteiger partial charge on any atom is -0.481 e. The first-order chi connectivity index (χ1) is 9.60. The van der Waals surface area contributed by atoms with Crippen LogP contribution in [0.25, 0.3) is 0 Å². The highest BCUT2D eigenvalue weighted by Crippen LogP contribution is 2.28. The Kier molecular flexibility index (Phi) is 5.57. The molecule has 1 aliphatic heterocycles. The van der Waals surface area contributed by atoms with Crippen LogP contribution in [0.1, 0.15) is 39.0 Å². The van der Waals surface area contributed by atoms with Crippen LogP contribution in [0.2, 0.25) is 0 Å². The number of hydrogen-bond acceptors (Lipinski definition) is 3. The Morgan fingerprint density at radius 2 is 2.15 bits per heavy atom. The van der Waals surface area contributed by atoms with Crippen LogP contribution in [0, 0.1) is 5.92 Å². The second-order valence-electron chi connectivity index (χ2n) is 5.66. The second-order valence-corrected chi connectivity index (χ2v) is 7.24. The Morgan fingerprint density at radius 1 is 1.35 bits per heavy atom. The lowest BCUT2D eigenvalue weighted by Gasteiger charge is -2.30. The maximum absolute atomic E-state index is 12.2. The summed E-state index contributed by atoms with van der Waals surface area (Å²) in [6.45, 7) is 3.08. The smallest absolute Gasteiger partial charge is 0.317 e. The molecule has 0 bridgehead atoms. The molecule has 2 amide bonds. The lowest BCUT2D eigenvalue weighted by Crippen LogP contribution is -2.46. The molecule has 0 aromatic heterocycles. The number of hydrogen-bond donors (Lipinski definition) is 2. The molecule has 3 atom stereocenters. The number of amides is 2. The van der Waals surface area contributed by atoms with Crippen molar-refractivity contribution in [3.05, 3.63) is 0 Å². The van der Waals surface area contributed by atoms with E-state index < -0.39 is 11.9 Å². The number of aliphatic carboxylic acids is 1. The molecule has 2 rings (SSSR count). The van der Waals surface area contributed by atoms with Gasteiger partial charge in [0.2, 0.25) is 0 Å². The summed E-state index contributed by atoms with van der Waals surface area (Å²) in [4.78, 5) is 24.7. The third-order valence-electron chi connectivity index (χ3n) is 4.18. The molecule has 3 unspecified atom stereocenters. The van der Waals surface area contributed by atoms with E-state index in [2.05, 4.69) is 12.2 Å². The number of thioether (sulfide) groups is 1. The number of rotatable bonds is 4. The van der Waals surface area contributed by atoms with Gasteiger partial charge in [-0.3, -0.25) is 4.79 Å². The molecule has 1 heterocycles. The fourth-order valence-electron chi connectivity index (χ4n) is 3.08. The second kappa shape index (κ2) is 7.20. The van der Waals surface area contributed by atoms with Crippen molar-refractivity contribution >= 4 is 23.8 Å². The van der Waals surface area contributed by atoms with Gasteiger partial charge in [0, 0.05) is 24.4 Å². The molecule has 20 heavy (non-hydrogen) atoms. The molecule has 5 nitrogen and oxygen atoms in total. The first-order valence-corrected chi connectivity index (χ1v) is 8.54. The largest absolute Gasteiger partial charge is 0.481 e. The van der Waals surface area contributed by atoms with E-state index in [1.165, 1.54) is 12.8 Å². The molecule has 0 radical (unpaired) electrons. The number of carboxylic acids is 1. The molecule has 2 aliphatic rings. The standard InChI is InChI=1S/C14H24N2O3S/c1-2-20-12-5-3-4-11(8-12)15-14(19)16-7-6-10(9-16)13(17)18/h10-12H,2-9H2,1H3,(H,15,19)(H,17,18). The van der Waals surface area contributed by atoms with Gasteiger partial charge in [0.05, 0.1) is 5.92 Å². The first kappa shape index (κ1) is 15.5. The Balaban J connectivity index is 1.78. The summed E-state index contributed by atoms with van der Waals surface area (Å²) in [7, 11) is 0. The Bertz CT molecular complexity index is 362. The van der Waals surface area contributed by atoms with Crippen molar-refractivity contribution in [2.24, 2.45) is 5.92 Å². The number of likely N-dealkylation sites (tertiary alicyclic amines) is 1. The van der Waals surface area contributed by atoms with Gasteiger partial charge >= 0.3 is 12.0 Å². The van der Waals surface area contributed by atoms with Crippen molar-refractivity contribution in [1.82, 2.24) is 10.2 Å². The highest BCUT2D eigenvalue weighted by atomic mass is 32.2. The summed E-state index contributed by atoms with van der Waals surface area (Å²) in [5.74, 6) is -0.0644. The van der Waals surface area contributed by atoms with E-state index in [1.807, 2.05) is 11.8 Å². The summed E-state index contributed by atoms with van der Waals surface area (Å²) in [5, 5.41) is 12.7. The molecule has 2 N–H and O–H groups in total. The van der Waals surface area contributed by atoms with Crippen molar-refractivity contribution in [3.8, 4) is 0 Å².